The van der Waals surface area contributed by atoms with Gasteiger partial charge in [0.05, 0.1) is 5.25 Å². The van der Waals surface area contributed by atoms with E-state index >= 15 is 0 Å². The maximum Gasteiger partial charge on any atom is 0.248 e. The lowest BCUT2D eigenvalue weighted by Crippen LogP contribution is -2.23. The van der Waals surface area contributed by atoms with Gasteiger partial charge in [-0.3, -0.25) is 14.2 Å². The Balaban J connectivity index is 1.54. The number of rotatable bonds is 8. The van der Waals surface area contributed by atoms with Gasteiger partial charge in [0.15, 0.2) is 5.16 Å². The van der Waals surface area contributed by atoms with Crippen LogP contribution in [-0.2, 0) is 11.2 Å². The first kappa shape index (κ1) is 22.3. The summed E-state index contributed by atoms with van der Waals surface area (Å²) in [6.07, 6.45) is 0.621. The zero-order valence-corrected chi connectivity index (χ0v) is 18.8. The number of benzene rings is 3. The standard InChI is InChI=1S/C25H23N5O2S/c1-17(24(32)27-20-14-12-19(13-15-20)23(26)31)33-25-29-28-22(16-18-8-4-2-5-9-18)30(25)21-10-6-3-7-11-21/h2-15,17H,16H2,1H3,(H2,26,31)(H,27,32). The largest absolute Gasteiger partial charge is 0.366 e. The second-order valence-corrected chi connectivity index (χ2v) is 8.73. The van der Waals surface area contributed by atoms with Gasteiger partial charge in [0.1, 0.15) is 5.82 Å². The number of anilines is 1. The molecule has 0 radical (unpaired) electrons. The summed E-state index contributed by atoms with van der Waals surface area (Å²) in [4.78, 5) is 24.0. The molecule has 0 bridgehead atoms. The van der Waals surface area contributed by atoms with Crippen molar-refractivity contribution < 1.29 is 9.59 Å². The van der Waals surface area contributed by atoms with Crippen LogP contribution >= 0.6 is 11.8 Å². The van der Waals surface area contributed by atoms with Crippen molar-refractivity contribution in [2.45, 2.75) is 23.8 Å². The van der Waals surface area contributed by atoms with Gasteiger partial charge in [0.2, 0.25) is 11.8 Å². The quantitative estimate of drug-likeness (QED) is 0.388. The van der Waals surface area contributed by atoms with Gasteiger partial charge in [-0.05, 0) is 48.9 Å². The molecule has 0 saturated heterocycles. The summed E-state index contributed by atoms with van der Waals surface area (Å²) in [7, 11) is 0. The molecule has 166 valence electrons. The van der Waals surface area contributed by atoms with Crippen LogP contribution in [0.4, 0.5) is 5.69 Å². The molecule has 4 rings (SSSR count). The molecule has 0 fully saturated rings. The summed E-state index contributed by atoms with van der Waals surface area (Å²) in [6.45, 7) is 1.82. The fraction of sp³-hybridized carbons (Fsp3) is 0.120. The highest BCUT2D eigenvalue weighted by Crippen LogP contribution is 2.27. The summed E-state index contributed by atoms with van der Waals surface area (Å²) >= 11 is 1.34. The molecule has 0 aliphatic rings. The molecule has 0 aliphatic heterocycles. The summed E-state index contributed by atoms with van der Waals surface area (Å²) in [5.74, 6) is 0.104. The van der Waals surface area contributed by atoms with Crippen LogP contribution in [0.2, 0.25) is 0 Å². The first-order valence-corrected chi connectivity index (χ1v) is 11.3. The number of nitrogens with one attached hydrogen (secondary N) is 1. The van der Waals surface area contributed by atoms with E-state index in [1.54, 1.807) is 24.3 Å². The maximum atomic E-state index is 12.8. The molecule has 3 N–H and O–H groups in total. The third-order valence-corrected chi connectivity index (χ3v) is 6.05. The average molecular weight is 458 g/mol. The zero-order chi connectivity index (χ0) is 23.2. The summed E-state index contributed by atoms with van der Waals surface area (Å²) < 4.78 is 1.99. The fourth-order valence-corrected chi connectivity index (χ4v) is 4.17. The van der Waals surface area contributed by atoms with Crippen LogP contribution in [0.1, 0.15) is 28.7 Å². The number of hydrogen-bond acceptors (Lipinski definition) is 5. The summed E-state index contributed by atoms with van der Waals surface area (Å²) in [5, 5.41) is 11.9. The predicted molar refractivity (Wildman–Crippen MR) is 130 cm³/mol. The fourth-order valence-electron chi connectivity index (χ4n) is 3.28. The number of thioether (sulfide) groups is 1. The minimum atomic E-state index is -0.511. The Hall–Kier alpha value is -3.91. The first-order valence-electron chi connectivity index (χ1n) is 10.4. The second-order valence-electron chi connectivity index (χ2n) is 7.42. The van der Waals surface area contributed by atoms with E-state index in [1.807, 2.05) is 60.0 Å². The third kappa shape index (κ3) is 5.48. The molecule has 33 heavy (non-hydrogen) atoms. The van der Waals surface area contributed by atoms with Crippen molar-refractivity contribution in [3.05, 3.63) is 102 Å². The van der Waals surface area contributed by atoms with E-state index in [0.29, 0.717) is 22.8 Å². The van der Waals surface area contributed by atoms with E-state index in [9.17, 15) is 9.59 Å². The highest BCUT2D eigenvalue weighted by Gasteiger charge is 2.21. The number of nitrogens with two attached hydrogens (primary N) is 1. The summed E-state index contributed by atoms with van der Waals surface area (Å²) in [6, 6.07) is 26.4. The molecule has 1 unspecified atom stereocenters. The smallest absolute Gasteiger partial charge is 0.248 e. The Labute approximate surface area is 196 Å². The molecule has 1 aromatic heterocycles. The van der Waals surface area contributed by atoms with E-state index in [-0.39, 0.29) is 5.91 Å². The van der Waals surface area contributed by atoms with Crippen LogP contribution in [0.5, 0.6) is 0 Å². The van der Waals surface area contributed by atoms with E-state index in [0.717, 1.165) is 17.1 Å². The molecule has 0 saturated carbocycles. The molecule has 1 atom stereocenters. The molecule has 4 aromatic rings. The van der Waals surface area contributed by atoms with E-state index in [2.05, 4.69) is 27.6 Å². The highest BCUT2D eigenvalue weighted by atomic mass is 32.2. The molecule has 8 heteroatoms. The number of amides is 2. The van der Waals surface area contributed by atoms with Gasteiger partial charge in [-0.2, -0.15) is 0 Å². The van der Waals surface area contributed by atoms with Crippen LogP contribution in [0.3, 0.4) is 0 Å². The molecule has 3 aromatic carbocycles. The lowest BCUT2D eigenvalue weighted by Gasteiger charge is -2.14. The molecular formula is C25H23N5O2S. The first-order chi connectivity index (χ1) is 16.0. The van der Waals surface area contributed by atoms with Crippen molar-refractivity contribution >= 4 is 29.3 Å². The molecule has 2 amide bonds. The monoisotopic (exact) mass is 457 g/mol. The van der Waals surface area contributed by atoms with Crippen LogP contribution in [0, 0.1) is 0 Å². The van der Waals surface area contributed by atoms with Crippen LogP contribution in [0.15, 0.2) is 90.1 Å². The molecular weight excluding hydrogens is 434 g/mol. The third-order valence-electron chi connectivity index (χ3n) is 5.01. The lowest BCUT2D eigenvalue weighted by molar-refractivity contribution is -0.115. The van der Waals surface area contributed by atoms with Crippen LogP contribution < -0.4 is 11.1 Å². The van der Waals surface area contributed by atoms with Crippen molar-refractivity contribution in [2.24, 2.45) is 5.73 Å². The normalized spacial score (nSPS) is 11.7. The topological polar surface area (TPSA) is 103 Å². The van der Waals surface area contributed by atoms with Gasteiger partial charge in [-0.15, -0.1) is 10.2 Å². The Morgan fingerprint density at radius 2 is 1.58 bits per heavy atom. The van der Waals surface area contributed by atoms with E-state index < -0.39 is 11.2 Å². The van der Waals surface area contributed by atoms with E-state index in [4.69, 9.17) is 5.73 Å². The van der Waals surface area contributed by atoms with Crippen molar-refractivity contribution in [2.75, 3.05) is 5.32 Å². The van der Waals surface area contributed by atoms with Gasteiger partial charge in [0.25, 0.3) is 0 Å². The van der Waals surface area contributed by atoms with Crippen LogP contribution in [-0.4, -0.2) is 31.8 Å². The Morgan fingerprint density at radius 3 is 2.21 bits per heavy atom. The minimum Gasteiger partial charge on any atom is -0.366 e. The number of nitrogens with zero attached hydrogens (tertiary/aromatic N) is 3. The van der Waals surface area contributed by atoms with Gasteiger partial charge in [-0.1, -0.05) is 60.3 Å². The molecule has 0 spiro atoms. The minimum absolute atomic E-state index is 0.181. The number of para-hydroxylation sites is 1. The lowest BCUT2D eigenvalue weighted by atomic mass is 10.1. The predicted octanol–water partition coefficient (Wildman–Crippen LogP) is 4.08. The van der Waals surface area contributed by atoms with Crippen molar-refractivity contribution in [1.29, 1.82) is 0 Å². The Morgan fingerprint density at radius 1 is 0.939 bits per heavy atom. The van der Waals surface area contributed by atoms with Gasteiger partial charge >= 0.3 is 0 Å². The number of hydrogen-bond donors (Lipinski definition) is 2. The maximum absolute atomic E-state index is 12.8. The zero-order valence-electron chi connectivity index (χ0n) is 18.0. The molecule has 0 aliphatic carbocycles. The highest BCUT2D eigenvalue weighted by molar-refractivity contribution is 8.00. The number of carbonyl (C=O) groups excluding carboxylic acids is 2. The average Bonchev–Trinajstić information content (AvgIpc) is 3.22. The van der Waals surface area contributed by atoms with Gasteiger partial charge in [-0.25, -0.2) is 0 Å². The van der Waals surface area contributed by atoms with Gasteiger partial charge < -0.3 is 11.1 Å². The Kier molecular flexibility index (Phi) is 6.85. The summed E-state index contributed by atoms with van der Waals surface area (Å²) in [5.41, 5.74) is 8.31. The second kappa shape index (κ2) is 10.1. The number of primary amides is 1. The van der Waals surface area contributed by atoms with Crippen molar-refractivity contribution in [3.8, 4) is 5.69 Å². The van der Waals surface area contributed by atoms with Gasteiger partial charge in [0, 0.05) is 23.4 Å². The number of carbonyl (C=O) groups is 2. The number of aromatic nitrogens is 3. The Bertz CT molecular complexity index is 1240. The van der Waals surface area contributed by atoms with Crippen molar-refractivity contribution in [1.82, 2.24) is 14.8 Å². The van der Waals surface area contributed by atoms with Crippen LogP contribution in [0.25, 0.3) is 5.69 Å². The van der Waals surface area contributed by atoms with E-state index in [1.165, 1.54) is 11.8 Å². The molecule has 1 heterocycles. The SMILES string of the molecule is CC(Sc1nnc(Cc2ccccc2)n1-c1ccccc1)C(=O)Nc1ccc(C(N)=O)cc1. The van der Waals surface area contributed by atoms with Crippen molar-refractivity contribution in [3.63, 3.8) is 0 Å². The molecule has 7 nitrogen and oxygen atoms in total.